The number of carbonyl (C=O) groups is 1. The standard InChI is InChI=1S/C36H65FO5/c1-3-4-5-6-7-8-9-10-14-17-20-33(39)34(40)23-22-32(37)36-24-21-31(42-36)19-16-13-11-12-15-18-30(38)27-29-25-28(2)26-35(29)41/h25,28,30-34,36,38-40H,3-24,26-27H2,1-2H3/t28-,30+,31+,32?,33+,34+,36-/m0/s1/i37-1. The van der Waals surface area contributed by atoms with Crippen LogP contribution in [0.3, 0.4) is 0 Å². The zero-order valence-corrected chi connectivity index (χ0v) is 27.1. The van der Waals surface area contributed by atoms with Gasteiger partial charge in [-0.25, -0.2) is 4.39 Å². The van der Waals surface area contributed by atoms with Gasteiger partial charge in [0.15, 0.2) is 5.78 Å². The molecular weight excluding hydrogens is 530 g/mol. The highest BCUT2D eigenvalue weighted by atomic mass is 18.2. The first-order chi connectivity index (χ1) is 20.3. The Labute approximate surface area is 257 Å². The highest BCUT2D eigenvalue weighted by Gasteiger charge is 2.32. The number of rotatable bonds is 26. The molecule has 0 saturated carbocycles. The van der Waals surface area contributed by atoms with Crippen molar-refractivity contribution >= 4 is 5.78 Å². The molecule has 0 aromatic carbocycles. The SMILES string of the molecule is CCCCCCCCCCCC[C@@H](O)[C@H](O)CCC([18F])[C@@H]1CC[C@@H](CCCCCCC[C@@H](O)CC2=C[C@H](C)CC2=O)O1. The topological polar surface area (TPSA) is 87.0 Å². The quantitative estimate of drug-likeness (QED) is 0.0871. The Balaban J connectivity index is 1.42. The van der Waals surface area contributed by atoms with Crippen molar-refractivity contribution in [2.75, 3.05) is 0 Å². The Morgan fingerprint density at radius 3 is 1.98 bits per heavy atom. The lowest BCUT2D eigenvalue weighted by molar-refractivity contribution is -0.115. The lowest BCUT2D eigenvalue weighted by Crippen LogP contribution is -2.29. The van der Waals surface area contributed by atoms with Crippen LogP contribution in [0, 0.1) is 5.92 Å². The summed E-state index contributed by atoms with van der Waals surface area (Å²) in [6.07, 6.45) is 22.0. The van der Waals surface area contributed by atoms with Gasteiger partial charge in [-0.2, -0.15) is 0 Å². The summed E-state index contributed by atoms with van der Waals surface area (Å²) in [7, 11) is 0. The Bertz CT molecular complexity index is 728. The minimum absolute atomic E-state index is 0.126. The number of halogens is 1. The molecule has 7 atom stereocenters. The third-order valence-corrected chi connectivity index (χ3v) is 9.45. The summed E-state index contributed by atoms with van der Waals surface area (Å²) in [6.45, 7) is 4.29. The minimum Gasteiger partial charge on any atom is -0.393 e. The van der Waals surface area contributed by atoms with Crippen LogP contribution < -0.4 is 0 Å². The van der Waals surface area contributed by atoms with Gasteiger partial charge >= 0.3 is 0 Å². The third-order valence-electron chi connectivity index (χ3n) is 9.45. The van der Waals surface area contributed by atoms with Gasteiger partial charge in [-0.1, -0.05) is 116 Å². The van der Waals surface area contributed by atoms with E-state index < -0.39 is 24.5 Å². The van der Waals surface area contributed by atoms with Crippen LogP contribution in [0.1, 0.15) is 168 Å². The molecule has 5 nitrogen and oxygen atoms in total. The summed E-state index contributed by atoms with van der Waals surface area (Å²) in [6, 6.07) is 0. The van der Waals surface area contributed by atoms with E-state index in [2.05, 4.69) is 6.92 Å². The number of carbonyl (C=O) groups excluding carboxylic acids is 1. The van der Waals surface area contributed by atoms with Gasteiger partial charge < -0.3 is 20.1 Å². The van der Waals surface area contributed by atoms with E-state index in [9.17, 15) is 24.5 Å². The molecule has 0 spiro atoms. The van der Waals surface area contributed by atoms with Gasteiger partial charge in [0.25, 0.3) is 0 Å². The van der Waals surface area contributed by atoms with Gasteiger partial charge in [-0.05, 0) is 56.4 Å². The molecule has 0 bridgehead atoms. The second-order valence-corrected chi connectivity index (χ2v) is 13.6. The molecule has 1 saturated heterocycles. The number of ketones is 1. The van der Waals surface area contributed by atoms with Crippen LogP contribution in [0.5, 0.6) is 0 Å². The van der Waals surface area contributed by atoms with E-state index in [1.54, 1.807) is 0 Å². The molecule has 2 aliphatic rings. The van der Waals surface area contributed by atoms with Crippen molar-refractivity contribution < 1.29 is 29.2 Å². The number of hydrogen-bond acceptors (Lipinski definition) is 5. The highest BCUT2D eigenvalue weighted by Crippen LogP contribution is 2.30. The van der Waals surface area contributed by atoms with Crippen molar-refractivity contribution in [3.63, 3.8) is 0 Å². The number of Topliss-reactive ketones (excluding diaryl/α,β-unsaturated/α-hetero) is 1. The second kappa shape index (κ2) is 22.7. The van der Waals surface area contributed by atoms with Crippen molar-refractivity contribution in [2.24, 2.45) is 5.92 Å². The van der Waals surface area contributed by atoms with E-state index in [1.165, 1.54) is 51.4 Å². The average molecular weight is 596 g/mol. The summed E-state index contributed by atoms with van der Waals surface area (Å²) in [5.41, 5.74) is 0.814. The number of allylic oxidation sites excluding steroid dienone is 1. The van der Waals surface area contributed by atoms with Crippen molar-refractivity contribution in [1.82, 2.24) is 0 Å². The van der Waals surface area contributed by atoms with Crippen LogP contribution in [-0.2, 0) is 9.53 Å². The molecule has 1 fully saturated rings. The number of aliphatic hydroxyl groups is 3. The number of aliphatic hydroxyl groups excluding tert-OH is 3. The predicted molar refractivity (Wildman–Crippen MR) is 170 cm³/mol. The fourth-order valence-corrected chi connectivity index (χ4v) is 6.69. The molecule has 1 heterocycles. The first kappa shape index (κ1) is 37.4. The van der Waals surface area contributed by atoms with Crippen LogP contribution >= 0.6 is 0 Å². The lowest BCUT2D eigenvalue weighted by atomic mass is 9.98. The molecule has 3 N–H and O–H groups in total. The maximum absolute atomic E-state index is 14.8. The fourth-order valence-electron chi connectivity index (χ4n) is 6.69. The molecule has 42 heavy (non-hydrogen) atoms. The molecule has 0 amide bonds. The van der Waals surface area contributed by atoms with E-state index in [-0.39, 0.29) is 30.8 Å². The molecule has 1 aliphatic heterocycles. The molecule has 0 aromatic heterocycles. The number of alkyl halides is 1. The predicted octanol–water partition coefficient (Wildman–Crippen LogP) is 8.70. The Kier molecular flexibility index (Phi) is 20.2. The smallest absolute Gasteiger partial charge is 0.159 e. The fraction of sp³-hybridized carbons (Fsp3) is 0.917. The van der Waals surface area contributed by atoms with E-state index in [4.69, 9.17) is 4.74 Å². The van der Waals surface area contributed by atoms with Crippen LogP contribution in [0.2, 0.25) is 0 Å². The number of ether oxygens (including phenoxy) is 1. The normalized spacial score (nSPS) is 23.7. The van der Waals surface area contributed by atoms with Gasteiger partial charge in [-0.3, -0.25) is 4.79 Å². The van der Waals surface area contributed by atoms with Crippen LogP contribution in [0.25, 0.3) is 0 Å². The molecule has 1 unspecified atom stereocenters. The Morgan fingerprint density at radius 1 is 0.786 bits per heavy atom. The van der Waals surface area contributed by atoms with Gasteiger partial charge in [0.05, 0.1) is 30.5 Å². The van der Waals surface area contributed by atoms with Gasteiger partial charge in [0.1, 0.15) is 6.17 Å². The molecule has 0 aromatic rings. The van der Waals surface area contributed by atoms with Crippen molar-refractivity contribution in [3.8, 4) is 0 Å². The first-order valence-electron chi connectivity index (χ1n) is 17.9. The van der Waals surface area contributed by atoms with E-state index in [1.807, 2.05) is 13.0 Å². The molecule has 2 rings (SSSR count). The zero-order chi connectivity index (χ0) is 30.6. The second-order valence-electron chi connectivity index (χ2n) is 13.6. The number of hydrogen-bond donors (Lipinski definition) is 3. The van der Waals surface area contributed by atoms with E-state index in [0.717, 1.165) is 76.2 Å². The molecule has 1 aliphatic carbocycles. The molecule has 0 radical (unpaired) electrons. The first-order valence-corrected chi connectivity index (χ1v) is 17.9. The van der Waals surface area contributed by atoms with E-state index in [0.29, 0.717) is 25.2 Å². The maximum atomic E-state index is 14.8. The number of unbranched alkanes of at least 4 members (excludes halogenated alkanes) is 13. The minimum atomic E-state index is -1.08. The molecule has 246 valence electrons. The summed E-state index contributed by atoms with van der Waals surface area (Å²) in [5.74, 6) is 0.508. The third kappa shape index (κ3) is 16.3. The van der Waals surface area contributed by atoms with Gasteiger partial charge in [0, 0.05) is 12.8 Å². The lowest BCUT2D eigenvalue weighted by Gasteiger charge is -2.21. The van der Waals surface area contributed by atoms with Gasteiger partial charge in [-0.15, -0.1) is 0 Å². The molecule has 6 heteroatoms. The van der Waals surface area contributed by atoms with Crippen LogP contribution in [0.15, 0.2) is 11.6 Å². The summed E-state index contributed by atoms with van der Waals surface area (Å²) in [5, 5.41) is 30.9. The monoisotopic (exact) mass is 595 g/mol. The van der Waals surface area contributed by atoms with Crippen LogP contribution in [-0.4, -0.2) is 57.8 Å². The molecular formula is C36H65FO5. The Hall–Kier alpha value is -0.820. The van der Waals surface area contributed by atoms with E-state index >= 15 is 0 Å². The zero-order valence-electron chi connectivity index (χ0n) is 27.1. The highest BCUT2D eigenvalue weighted by molar-refractivity contribution is 5.97. The summed E-state index contributed by atoms with van der Waals surface area (Å²) in [4.78, 5) is 11.9. The Morgan fingerprint density at radius 2 is 1.36 bits per heavy atom. The largest absolute Gasteiger partial charge is 0.393 e. The van der Waals surface area contributed by atoms with Crippen molar-refractivity contribution in [1.29, 1.82) is 0 Å². The van der Waals surface area contributed by atoms with Gasteiger partial charge in [0.2, 0.25) is 0 Å². The average Bonchev–Trinajstić information content (AvgIpc) is 3.57. The maximum Gasteiger partial charge on any atom is 0.159 e. The summed E-state index contributed by atoms with van der Waals surface area (Å²) < 4.78 is 20.8. The van der Waals surface area contributed by atoms with Crippen molar-refractivity contribution in [2.45, 2.75) is 205 Å². The van der Waals surface area contributed by atoms with Crippen LogP contribution in [0.4, 0.5) is 4.39 Å². The summed E-state index contributed by atoms with van der Waals surface area (Å²) >= 11 is 0. The van der Waals surface area contributed by atoms with Crippen molar-refractivity contribution in [3.05, 3.63) is 11.6 Å².